The summed E-state index contributed by atoms with van der Waals surface area (Å²) in [5.41, 5.74) is 2.04. The van der Waals surface area contributed by atoms with E-state index < -0.39 is 0 Å². The molecule has 0 spiro atoms. The van der Waals surface area contributed by atoms with Crippen LogP contribution in [0.15, 0.2) is 33.3 Å². The topological polar surface area (TPSA) is 58.4 Å². The number of nitrogens with zero attached hydrogens (tertiary/aromatic N) is 2. The minimum absolute atomic E-state index is 0. The molecular formula is C16H19BrClN3O2. The average Bonchev–Trinajstić information content (AvgIpc) is 2.88. The van der Waals surface area contributed by atoms with Crippen LogP contribution < -0.4 is 5.32 Å². The third kappa shape index (κ3) is 3.76. The predicted molar refractivity (Wildman–Crippen MR) is 95.0 cm³/mol. The van der Waals surface area contributed by atoms with Crippen molar-refractivity contribution in [2.45, 2.75) is 19.9 Å². The lowest BCUT2D eigenvalue weighted by Crippen LogP contribution is -2.51. The third-order valence-corrected chi connectivity index (χ3v) is 4.32. The van der Waals surface area contributed by atoms with E-state index in [-0.39, 0.29) is 18.3 Å². The van der Waals surface area contributed by atoms with Gasteiger partial charge in [0.25, 0.3) is 5.91 Å². The van der Waals surface area contributed by atoms with Gasteiger partial charge in [0.05, 0.1) is 0 Å². The van der Waals surface area contributed by atoms with Crippen molar-refractivity contribution in [2.75, 3.05) is 19.6 Å². The normalized spacial score (nSPS) is 17.7. The van der Waals surface area contributed by atoms with E-state index in [1.165, 1.54) is 0 Å². The first kappa shape index (κ1) is 18.0. The summed E-state index contributed by atoms with van der Waals surface area (Å²) in [6.07, 6.45) is 0. The van der Waals surface area contributed by atoms with Gasteiger partial charge >= 0.3 is 0 Å². The van der Waals surface area contributed by atoms with Crippen molar-refractivity contribution in [3.05, 3.63) is 40.1 Å². The number of rotatable bonds is 2. The molecule has 1 aromatic carbocycles. The second kappa shape index (κ2) is 7.47. The van der Waals surface area contributed by atoms with Crippen molar-refractivity contribution in [3.63, 3.8) is 0 Å². The predicted octanol–water partition coefficient (Wildman–Crippen LogP) is 3.27. The molecule has 1 fully saturated rings. The average molecular weight is 401 g/mol. The molecular weight excluding hydrogens is 382 g/mol. The summed E-state index contributed by atoms with van der Waals surface area (Å²) < 4.78 is 6.24. The SMILES string of the molecule is Cc1onc(-c2cccc(Br)c2)c1C(=O)N1CCN[C@H](C)C1.Cl. The molecule has 5 nitrogen and oxygen atoms in total. The number of hydrogen-bond donors (Lipinski definition) is 1. The fourth-order valence-electron chi connectivity index (χ4n) is 2.73. The zero-order chi connectivity index (χ0) is 15.7. The van der Waals surface area contributed by atoms with E-state index in [1.807, 2.05) is 29.2 Å². The zero-order valence-corrected chi connectivity index (χ0v) is 15.4. The number of aryl methyl sites for hydroxylation is 1. The van der Waals surface area contributed by atoms with E-state index in [0.717, 1.165) is 16.6 Å². The number of amides is 1. The van der Waals surface area contributed by atoms with Crippen LogP contribution in [0.5, 0.6) is 0 Å². The van der Waals surface area contributed by atoms with Gasteiger partial charge in [-0.25, -0.2) is 0 Å². The Hall–Kier alpha value is -1.37. The van der Waals surface area contributed by atoms with Crippen LogP contribution in [-0.2, 0) is 0 Å². The molecule has 0 saturated carbocycles. The Morgan fingerprint density at radius 1 is 1.48 bits per heavy atom. The molecule has 2 heterocycles. The van der Waals surface area contributed by atoms with E-state index >= 15 is 0 Å². The quantitative estimate of drug-likeness (QED) is 0.840. The summed E-state index contributed by atoms with van der Waals surface area (Å²) in [5, 5.41) is 7.44. The summed E-state index contributed by atoms with van der Waals surface area (Å²) >= 11 is 3.45. The third-order valence-electron chi connectivity index (χ3n) is 3.83. The fraction of sp³-hybridized carbons (Fsp3) is 0.375. The van der Waals surface area contributed by atoms with Gasteiger partial charge in [0.2, 0.25) is 0 Å². The molecule has 0 unspecified atom stereocenters. The molecule has 1 aliphatic rings. The minimum atomic E-state index is -0.0120. The van der Waals surface area contributed by atoms with Crippen LogP contribution >= 0.6 is 28.3 Å². The van der Waals surface area contributed by atoms with E-state index in [4.69, 9.17) is 4.52 Å². The highest BCUT2D eigenvalue weighted by Crippen LogP contribution is 2.28. The molecule has 3 rings (SSSR count). The maximum absolute atomic E-state index is 12.9. The Balaban J connectivity index is 0.00000192. The van der Waals surface area contributed by atoms with Crippen molar-refractivity contribution in [2.24, 2.45) is 0 Å². The van der Waals surface area contributed by atoms with Gasteiger partial charge in [-0.15, -0.1) is 12.4 Å². The Labute approximate surface area is 149 Å². The number of hydrogen-bond acceptors (Lipinski definition) is 4. The van der Waals surface area contributed by atoms with Gasteiger partial charge in [-0.3, -0.25) is 4.79 Å². The van der Waals surface area contributed by atoms with E-state index in [1.54, 1.807) is 6.92 Å². The largest absolute Gasteiger partial charge is 0.360 e. The standard InChI is InChI=1S/C16H18BrN3O2.ClH/c1-10-9-20(7-6-18-10)16(21)14-11(2)22-19-15(14)12-4-3-5-13(17)8-12;/h3-5,8,10,18H,6-7,9H2,1-2H3;1H/t10-;/m1./s1. The highest BCUT2D eigenvalue weighted by molar-refractivity contribution is 9.10. The number of carbonyl (C=O) groups excluding carboxylic acids is 1. The van der Waals surface area contributed by atoms with E-state index in [2.05, 4.69) is 33.3 Å². The van der Waals surface area contributed by atoms with Gasteiger partial charge in [0, 0.05) is 35.7 Å². The first-order valence-electron chi connectivity index (χ1n) is 7.31. The van der Waals surface area contributed by atoms with Crippen LogP contribution in [0.1, 0.15) is 23.0 Å². The molecule has 1 N–H and O–H groups in total. The molecule has 23 heavy (non-hydrogen) atoms. The molecule has 7 heteroatoms. The summed E-state index contributed by atoms with van der Waals surface area (Å²) in [6.45, 7) is 6.07. The van der Waals surface area contributed by atoms with Crippen LogP contribution in [0, 0.1) is 6.92 Å². The highest BCUT2D eigenvalue weighted by atomic mass is 79.9. The first-order chi connectivity index (χ1) is 10.6. The molecule has 0 radical (unpaired) electrons. The minimum Gasteiger partial charge on any atom is -0.360 e. The van der Waals surface area contributed by atoms with Gasteiger partial charge in [-0.2, -0.15) is 0 Å². The summed E-state index contributed by atoms with van der Waals surface area (Å²) in [6, 6.07) is 8.03. The number of nitrogens with one attached hydrogen (secondary N) is 1. The monoisotopic (exact) mass is 399 g/mol. The van der Waals surface area contributed by atoms with E-state index in [9.17, 15) is 4.79 Å². The van der Waals surface area contributed by atoms with Gasteiger partial charge in [0.15, 0.2) is 0 Å². The van der Waals surface area contributed by atoms with Crippen LogP contribution in [0.25, 0.3) is 11.3 Å². The van der Waals surface area contributed by atoms with Gasteiger partial charge < -0.3 is 14.7 Å². The van der Waals surface area contributed by atoms with Crippen LogP contribution in [0.4, 0.5) is 0 Å². The molecule has 1 saturated heterocycles. The van der Waals surface area contributed by atoms with Crippen LogP contribution in [-0.4, -0.2) is 41.6 Å². The van der Waals surface area contributed by atoms with Gasteiger partial charge in [-0.05, 0) is 26.0 Å². The zero-order valence-electron chi connectivity index (χ0n) is 13.0. The molecule has 1 amide bonds. The molecule has 1 atom stereocenters. The van der Waals surface area contributed by atoms with Gasteiger partial charge in [-0.1, -0.05) is 33.2 Å². The van der Waals surface area contributed by atoms with Crippen molar-refractivity contribution >= 4 is 34.2 Å². The maximum Gasteiger partial charge on any atom is 0.259 e. The second-order valence-corrected chi connectivity index (χ2v) is 6.49. The van der Waals surface area contributed by atoms with Crippen LogP contribution in [0.2, 0.25) is 0 Å². The lowest BCUT2D eigenvalue weighted by molar-refractivity contribution is 0.0708. The molecule has 1 aliphatic heterocycles. The molecule has 0 bridgehead atoms. The Morgan fingerprint density at radius 2 is 2.26 bits per heavy atom. The van der Waals surface area contributed by atoms with Crippen molar-refractivity contribution in [1.29, 1.82) is 0 Å². The Kier molecular flexibility index (Phi) is 5.84. The van der Waals surface area contributed by atoms with Crippen molar-refractivity contribution in [1.82, 2.24) is 15.4 Å². The highest BCUT2D eigenvalue weighted by Gasteiger charge is 2.28. The van der Waals surface area contributed by atoms with E-state index in [0.29, 0.717) is 36.1 Å². The molecule has 124 valence electrons. The number of carbonyl (C=O) groups is 1. The smallest absolute Gasteiger partial charge is 0.259 e. The van der Waals surface area contributed by atoms with Gasteiger partial charge in [0.1, 0.15) is 17.0 Å². The number of halogens is 2. The summed E-state index contributed by atoms with van der Waals surface area (Å²) in [5.74, 6) is 0.549. The maximum atomic E-state index is 12.9. The lowest BCUT2D eigenvalue weighted by atomic mass is 10.0. The lowest BCUT2D eigenvalue weighted by Gasteiger charge is -2.31. The number of piperazine rings is 1. The second-order valence-electron chi connectivity index (χ2n) is 5.58. The fourth-order valence-corrected chi connectivity index (χ4v) is 3.13. The molecule has 1 aromatic heterocycles. The van der Waals surface area contributed by atoms with Crippen LogP contribution in [0.3, 0.4) is 0 Å². The van der Waals surface area contributed by atoms with Crippen molar-refractivity contribution in [3.8, 4) is 11.3 Å². The summed E-state index contributed by atoms with van der Waals surface area (Å²) in [7, 11) is 0. The van der Waals surface area contributed by atoms with Crippen molar-refractivity contribution < 1.29 is 9.32 Å². The molecule has 2 aromatic rings. The number of aromatic nitrogens is 1. The Morgan fingerprint density at radius 3 is 2.96 bits per heavy atom. The first-order valence-corrected chi connectivity index (χ1v) is 8.10. The Bertz CT molecular complexity index is 704. The molecule has 0 aliphatic carbocycles. The number of benzene rings is 1. The summed E-state index contributed by atoms with van der Waals surface area (Å²) in [4.78, 5) is 14.8.